The average Bonchev–Trinajstić information content (AvgIpc) is 2.19. The Morgan fingerprint density at radius 2 is 2.07 bits per heavy atom. The van der Waals surface area contributed by atoms with Crippen LogP contribution in [0, 0.1) is 0 Å². The van der Waals surface area contributed by atoms with Gasteiger partial charge in [0.15, 0.2) is 0 Å². The van der Waals surface area contributed by atoms with Gasteiger partial charge >= 0.3 is 0 Å². The first-order valence-electron chi connectivity index (χ1n) is 5.80. The molecule has 0 aromatic rings. The highest BCUT2D eigenvalue weighted by atomic mass is 16.2. The summed E-state index contributed by atoms with van der Waals surface area (Å²) in [6.07, 6.45) is 7.82. The Morgan fingerprint density at radius 1 is 1.43 bits per heavy atom. The van der Waals surface area contributed by atoms with Gasteiger partial charge in [0.05, 0.1) is 6.04 Å². The molecule has 0 radical (unpaired) electrons. The Balaban J connectivity index is 2.24. The number of carbonyl (C=O) groups is 1. The van der Waals surface area contributed by atoms with Crippen molar-refractivity contribution < 1.29 is 4.79 Å². The summed E-state index contributed by atoms with van der Waals surface area (Å²) in [5.74, 6) is 0.0405. The quantitative estimate of drug-likeness (QED) is 0.720. The van der Waals surface area contributed by atoms with Crippen molar-refractivity contribution in [2.24, 2.45) is 5.73 Å². The number of rotatable bonds is 4. The van der Waals surface area contributed by atoms with Gasteiger partial charge in [0.1, 0.15) is 0 Å². The van der Waals surface area contributed by atoms with Crippen molar-refractivity contribution >= 4 is 5.91 Å². The van der Waals surface area contributed by atoms with E-state index in [-0.39, 0.29) is 11.9 Å². The van der Waals surface area contributed by atoms with Gasteiger partial charge in [-0.3, -0.25) is 4.79 Å². The molecule has 1 aliphatic rings. The molecule has 82 valence electrons. The third kappa shape index (κ3) is 3.66. The lowest BCUT2D eigenvalue weighted by molar-refractivity contribution is -0.123. The van der Waals surface area contributed by atoms with E-state index in [4.69, 9.17) is 5.73 Å². The highest BCUT2D eigenvalue weighted by molar-refractivity contribution is 5.81. The van der Waals surface area contributed by atoms with Crippen LogP contribution in [0.4, 0.5) is 0 Å². The van der Waals surface area contributed by atoms with E-state index < -0.39 is 0 Å². The summed E-state index contributed by atoms with van der Waals surface area (Å²) in [5.41, 5.74) is 5.73. The van der Waals surface area contributed by atoms with Crippen LogP contribution in [-0.2, 0) is 4.79 Å². The Morgan fingerprint density at radius 3 is 2.64 bits per heavy atom. The zero-order valence-corrected chi connectivity index (χ0v) is 9.09. The number of nitrogens with two attached hydrogens (primary N) is 1. The molecule has 14 heavy (non-hydrogen) atoms. The normalized spacial score (nSPS) is 20.4. The Kier molecular flexibility index (Phi) is 4.94. The molecular weight excluding hydrogens is 176 g/mol. The Hall–Kier alpha value is -0.570. The van der Waals surface area contributed by atoms with Gasteiger partial charge in [-0.2, -0.15) is 0 Å². The van der Waals surface area contributed by atoms with Crippen LogP contribution in [0.25, 0.3) is 0 Å². The molecule has 1 unspecified atom stereocenters. The van der Waals surface area contributed by atoms with Gasteiger partial charge in [-0.05, 0) is 19.3 Å². The van der Waals surface area contributed by atoms with E-state index in [0.29, 0.717) is 6.04 Å². The number of carbonyl (C=O) groups excluding carboxylic acids is 1. The smallest absolute Gasteiger partial charge is 0.237 e. The van der Waals surface area contributed by atoms with E-state index in [2.05, 4.69) is 5.32 Å². The second kappa shape index (κ2) is 6.02. The Labute approximate surface area is 86.4 Å². The molecule has 0 aromatic heterocycles. The van der Waals surface area contributed by atoms with Crippen molar-refractivity contribution in [3.63, 3.8) is 0 Å². The first kappa shape index (κ1) is 11.5. The molecule has 0 saturated heterocycles. The standard InChI is InChI=1S/C11H22N2O/c1-2-6-10(12)11(14)13-9-7-4-3-5-8-9/h9-10H,2-8,12H2,1H3,(H,13,14). The maximum Gasteiger partial charge on any atom is 0.237 e. The summed E-state index contributed by atoms with van der Waals surface area (Å²) in [5, 5.41) is 3.04. The zero-order valence-electron chi connectivity index (χ0n) is 9.09. The van der Waals surface area contributed by atoms with Gasteiger partial charge in [-0.15, -0.1) is 0 Å². The minimum Gasteiger partial charge on any atom is -0.352 e. The van der Waals surface area contributed by atoms with Crippen LogP contribution in [0.3, 0.4) is 0 Å². The largest absolute Gasteiger partial charge is 0.352 e. The molecule has 3 heteroatoms. The summed E-state index contributed by atoms with van der Waals surface area (Å²) >= 11 is 0. The first-order chi connectivity index (χ1) is 6.74. The summed E-state index contributed by atoms with van der Waals surface area (Å²) < 4.78 is 0. The summed E-state index contributed by atoms with van der Waals surface area (Å²) in [7, 11) is 0. The van der Waals surface area contributed by atoms with Gasteiger partial charge < -0.3 is 11.1 Å². The second-order valence-electron chi connectivity index (χ2n) is 4.24. The molecule has 1 saturated carbocycles. The van der Waals surface area contributed by atoms with E-state index in [1.54, 1.807) is 0 Å². The van der Waals surface area contributed by atoms with E-state index >= 15 is 0 Å². The molecule has 3 N–H and O–H groups in total. The van der Waals surface area contributed by atoms with Crippen molar-refractivity contribution in [2.75, 3.05) is 0 Å². The lowest BCUT2D eigenvalue weighted by Crippen LogP contribution is -2.45. The molecule has 1 fully saturated rings. The van der Waals surface area contributed by atoms with Crippen molar-refractivity contribution in [1.29, 1.82) is 0 Å². The summed E-state index contributed by atoms with van der Waals surface area (Å²) in [4.78, 5) is 11.6. The molecule has 3 nitrogen and oxygen atoms in total. The molecule has 0 bridgehead atoms. The molecule has 1 atom stereocenters. The highest BCUT2D eigenvalue weighted by Gasteiger charge is 2.18. The topological polar surface area (TPSA) is 55.1 Å². The molecular formula is C11H22N2O. The fourth-order valence-corrected chi connectivity index (χ4v) is 2.00. The molecule has 0 aliphatic heterocycles. The number of amides is 1. The zero-order chi connectivity index (χ0) is 10.4. The van der Waals surface area contributed by atoms with Gasteiger partial charge in [0.25, 0.3) is 0 Å². The van der Waals surface area contributed by atoms with E-state index in [9.17, 15) is 4.79 Å². The fourth-order valence-electron chi connectivity index (χ4n) is 2.00. The van der Waals surface area contributed by atoms with Crippen LogP contribution in [0.1, 0.15) is 51.9 Å². The van der Waals surface area contributed by atoms with Crippen molar-refractivity contribution in [3.8, 4) is 0 Å². The summed E-state index contributed by atoms with van der Waals surface area (Å²) in [6, 6.07) is 0.0843. The van der Waals surface area contributed by atoms with Crippen molar-refractivity contribution in [1.82, 2.24) is 5.32 Å². The lowest BCUT2D eigenvalue weighted by Gasteiger charge is -2.24. The second-order valence-corrected chi connectivity index (χ2v) is 4.24. The van der Waals surface area contributed by atoms with E-state index in [1.807, 2.05) is 6.92 Å². The molecule has 1 amide bonds. The Bertz CT molecular complexity index is 176. The highest BCUT2D eigenvalue weighted by Crippen LogP contribution is 2.17. The number of nitrogens with one attached hydrogen (secondary N) is 1. The van der Waals surface area contributed by atoms with Crippen LogP contribution in [-0.4, -0.2) is 18.0 Å². The maximum atomic E-state index is 11.6. The average molecular weight is 198 g/mol. The lowest BCUT2D eigenvalue weighted by atomic mass is 9.95. The third-order valence-electron chi connectivity index (χ3n) is 2.89. The van der Waals surface area contributed by atoms with Crippen LogP contribution in [0.5, 0.6) is 0 Å². The predicted molar refractivity (Wildman–Crippen MR) is 57.9 cm³/mol. The SMILES string of the molecule is CCCC(N)C(=O)NC1CCCCC1. The number of hydrogen-bond donors (Lipinski definition) is 2. The first-order valence-corrected chi connectivity index (χ1v) is 5.80. The van der Waals surface area contributed by atoms with Crippen LogP contribution in [0.15, 0.2) is 0 Å². The molecule has 1 aliphatic carbocycles. The predicted octanol–water partition coefficient (Wildman–Crippen LogP) is 1.56. The van der Waals surface area contributed by atoms with Crippen molar-refractivity contribution in [2.45, 2.75) is 64.0 Å². The van der Waals surface area contributed by atoms with Gasteiger partial charge in [0, 0.05) is 6.04 Å². The maximum absolute atomic E-state index is 11.6. The van der Waals surface area contributed by atoms with E-state index in [0.717, 1.165) is 25.7 Å². The molecule has 0 spiro atoms. The number of hydrogen-bond acceptors (Lipinski definition) is 2. The van der Waals surface area contributed by atoms with Gasteiger partial charge in [0.2, 0.25) is 5.91 Å². The fraction of sp³-hybridized carbons (Fsp3) is 0.909. The van der Waals surface area contributed by atoms with Gasteiger partial charge in [-0.1, -0.05) is 32.6 Å². The molecule has 0 aromatic carbocycles. The van der Waals surface area contributed by atoms with Crippen LogP contribution < -0.4 is 11.1 Å². The van der Waals surface area contributed by atoms with Crippen LogP contribution >= 0.6 is 0 Å². The van der Waals surface area contributed by atoms with Crippen LogP contribution in [0.2, 0.25) is 0 Å². The third-order valence-corrected chi connectivity index (χ3v) is 2.89. The monoisotopic (exact) mass is 198 g/mol. The minimum absolute atomic E-state index is 0.0405. The summed E-state index contributed by atoms with van der Waals surface area (Å²) in [6.45, 7) is 2.05. The molecule has 0 heterocycles. The van der Waals surface area contributed by atoms with Crippen molar-refractivity contribution in [3.05, 3.63) is 0 Å². The van der Waals surface area contributed by atoms with Gasteiger partial charge in [-0.25, -0.2) is 0 Å². The molecule has 1 rings (SSSR count). The minimum atomic E-state index is -0.304. The van der Waals surface area contributed by atoms with E-state index in [1.165, 1.54) is 19.3 Å².